The van der Waals surface area contributed by atoms with E-state index in [4.69, 9.17) is 14.2 Å². The summed E-state index contributed by atoms with van der Waals surface area (Å²) in [5.74, 6) is -0.875. The standard InChI is InChI=1S/C53H98O6/c1-4-7-10-13-16-19-22-24-25-26-27-29-32-34-37-40-43-46-52(55)58-49-50(59-53(56)47-44-41-38-35-30-21-18-15-12-9-6-3)48-57-51(54)45-42-39-36-33-31-28-23-20-17-14-11-8-5-2/h20,23-25,50H,4-19,21-22,26-49H2,1-3H3/b23-20-,25-24-/t50-/m0/s1. The third-order valence-corrected chi connectivity index (χ3v) is 11.4. The molecule has 0 aromatic heterocycles. The zero-order chi connectivity index (χ0) is 43.0. The van der Waals surface area contributed by atoms with Crippen molar-refractivity contribution in [3.8, 4) is 0 Å². The molecule has 6 heteroatoms. The molecular formula is C53H98O6. The summed E-state index contributed by atoms with van der Waals surface area (Å²) < 4.78 is 16.8. The topological polar surface area (TPSA) is 78.9 Å². The molecule has 6 nitrogen and oxygen atoms in total. The molecule has 0 radical (unpaired) electrons. The number of carbonyl (C=O) groups excluding carboxylic acids is 3. The number of hydrogen-bond acceptors (Lipinski definition) is 6. The zero-order valence-electron chi connectivity index (χ0n) is 39.5. The van der Waals surface area contributed by atoms with Crippen molar-refractivity contribution in [1.29, 1.82) is 0 Å². The quantitative estimate of drug-likeness (QED) is 0.0263. The van der Waals surface area contributed by atoms with Gasteiger partial charge in [-0.2, -0.15) is 0 Å². The molecule has 0 amide bonds. The minimum atomic E-state index is -0.770. The van der Waals surface area contributed by atoms with E-state index in [2.05, 4.69) is 45.1 Å². The van der Waals surface area contributed by atoms with Gasteiger partial charge in [0.1, 0.15) is 13.2 Å². The van der Waals surface area contributed by atoms with Crippen molar-refractivity contribution in [3.63, 3.8) is 0 Å². The van der Waals surface area contributed by atoms with Crippen molar-refractivity contribution >= 4 is 17.9 Å². The summed E-state index contributed by atoms with van der Waals surface area (Å²) in [6.45, 7) is 6.62. The molecule has 0 fully saturated rings. The van der Waals surface area contributed by atoms with Crippen LogP contribution in [-0.4, -0.2) is 37.2 Å². The van der Waals surface area contributed by atoms with Gasteiger partial charge in [0.2, 0.25) is 0 Å². The Labute approximate surface area is 366 Å². The number of carbonyl (C=O) groups is 3. The molecule has 0 spiro atoms. The summed E-state index contributed by atoms with van der Waals surface area (Å²) in [6, 6.07) is 0. The second-order valence-electron chi connectivity index (χ2n) is 17.4. The van der Waals surface area contributed by atoms with Crippen LogP contribution in [0, 0.1) is 0 Å². The van der Waals surface area contributed by atoms with Crippen LogP contribution in [0.25, 0.3) is 0 Å². The summed E-state index contributed by atoms with van der Waals surface area (Å²) in [5.41, 5.74) is 0. The highest BCUT2D eigenvalue weighted by Gasteiger charge is 2.19. The number of unbranched alkanes of at least 4 members (excludes halogenated alkanes) is 32. The fourth-order valence-corrected chi connectivity index (χ4v) is 7.49. The Hall–Kier alpha value is -2.11. The Kier molecular flexibility index (Phi) is 46.8. The Morgan fingerprint density at radius 1 is 0.322 bits per heavy atom. The lowest BCUT2D eigenvalue weighted by molar-refractivity contribution is -0.167. The number of rotatable bonds is 47. The van der Waals surface area contributed by atoms with E-state index in [9.17, 15) is 14.4 Å². The van der Waals surface area contributed by atoms with E-state index in [1.54, 1.807) is 0 Å². The van der Waals surface area contributed by atoms with Crippen LogP contribution in [-0.2, 0) is 28.6 Å². The lowest BCUT2D eigenvalue weighted by Gasteiger charge is -2.18. The van der Waals surface area contributed by atoms with E-state index < -0.39 is 6.10 Å². The molecule has 0 aliphatic heterocycles. The van der Waals surface area contributed by atoms with E-state index in [0.717, 1.165) is 64.2 Å². The minimum Gasteiger partial charge on any atom is -0.462 e. The molecule has 0 aromatic carbocycles. The average molecular weight is 831 g/mol. The summed E-state index contributed by atoms with van der Waals surface area (Å²) >= 11 is 0. The highest BCUT2D eigenvalue weighted by molar-refractivity contribution is 5.71. The van der Waals surface area contributed by atoms with Gasteiger partial charge in [0.05, 0.1) is 0 Å². The van der Waals surface area contributed by atoms with Gasteiger partial charge in [-0.25, -0.2) is 0 Å². The minimum absolute atomic E-state index is 0.0727. The monoisotopic (exact) mass is 831 g/mol. The van der Waals surface area contributed by atoms with Crippen LogP contribution in [0.4, 0.5) is 0 Å². The molecule has 0 rings (SSSR count). The molecule has 1 atom stereocenters. The Bertz CT molecular complexity index is 958. The van der Waals surface area contributed by atoms with Crippen LogP contribution < -0.4 is 0 Å². The summed E-state index contributed by atoms with van der Waals surface area (Å²) in [6.07, 6.45) is 54.4. The average Bonchev–Trinajstić information content (AvgIpc) is 3.23. The first-order valence-corrected chi connectivity index (χ1v) is 25.8. The largest absolute Gasteiger partial charge is 0.462 e. The van der Waals surface area contributed by atoms with Crippen molar-refractivity contribution in [2.24, 2.45) is 0 Å². The van der Waals surface area contributed by atoms with Gasteiger partial charge in [-0.3, -0.25) is 14.4 Å². The smallest absolute Gasteiger partial charge is 0.306 e. The normalized spacial score (nSPS) is 12.1. The summed E-state index contributed by atoms with van der Waals surface area (Å²) in [7, 11) is 0. The maximum Gasteiger partial charge on any atom is 0.306 e. The molecular weight excluding hydrogens is 733 g/mol. The van der Waals surface area contributed by atoms with Crippen molar-refractivity contribution in [1.82, 2.24) is 0 Å². The number of hydrogen-bond donors (Lipinski definition) is 0. The zero-order valence-corrected chi connectivity index (χ0v) is 39.5. The molecule has 0 saturated heterocycles. The van der Waals surface area contributed by atoms with Gasteiger partial charge in [-0.15, -0.1) is 0 Å². The predicted molar refractivity (Wildman–Crippen MR) is 252 cm³/mol. The maximum atomic E-state index is 12.7. The first-order valence-electron chi connectivity index (χ1n) is 25.8. The van der Waals surface area contributed by atoms with E-state index in [1.807, 2.05) is 0 Å². The van der Waals surface area contributed by atoms with Crippen LogP contribution in [0.5, 0.6) is 0 Å². The van der Waals surface area contributed by atoms with Crippen molar-refractivity contribution in [2.45, 2.75) is 284 Å². The van der Waals surface area contributed by atoms with Crippen molar-refractivity contribution in [2.75, 3.05) is 13.2 Å². The predicted octanol–water partition coefficient (Wildman–Crippen LogP) is 16.8. The van der Waals surface area contributed by atoms with Crippen molar-refractivity contribution < 1.29 is 28.6 Å². The van der Waals surface area contributed by atoms with E-state index >= 15 is 0 Å². The Morgan fingerprint density at radius 2 is 0.559 bits per heavy atom. The van der Waals surface area contributed by atoms with E-state index in [1.165, 1.54) is 173 Å². The van der Waals surface area contributed by atoms with Crippen LogP contribution >= 0.6 is 0 Å². The van der Waals surface area contributed by atoms with Crippen LogP contribution in [0.2, 0.25) is 0 Å². The van der Waals surface area contributed by atoms with Crippen LogP contribution in [0.1, 0.15) is 278 Å². The SMILES string of the molecule is CCCCCC/C=C\CCCCCCCC(=O)OC[C@@H](COC(=O)CCCCCCCCC/C=C\CCCCCCCC)OC(=O)CCCCCCCCCCCCC. The lowest BCUT2D eigenvalue weighted by atomic mass is 10.1. The highest BCUT2D eigenvalue weighted by Crippen LogP contribution is 2.15. The fraction of sp³-hybridized carbons (Fsp3) is 0.868. The van der Waals surface area contributed by atoms with E-state index in [0.29, 0.717) is 19.3 Å². The van der Waals surface area contributed by atoms with Gasteiger partial charge in [0.15, 0.2) is 6.10 Å². The second-order valence-corrected chi connectivity index (χ2v) is 17.4. The third kappa shape index (κ3) is 46.8. The molecule has 0 heterocycles. The molecule has 0 aliphatic carbocycles. The van der Waals surface area contributed by atoms with Gasteiger partial charge >= 0.3 is 17.9 Å². The molecule has 0 aromatic rings. The molecule has 59 heavy (non-hydrogen) atoms. The van der Waals surface area contributed by atoms with Crippen LogP contribution in [0.3, 0.4) is 0 Å². The second kappa shape index (κ2) is 48.6. The van der Waals surface area contributed by atoms with Gasteiger partial charge in [-0.1, -0.05) is 212 Å². The van der Waals surface area contributed by atoms with Gasteiger partial charge < -0.3 is 14.2 Å². The molecule has 0 bridgehead atoms. The summed E-state index contributed by atoms with van der Waals surface area (Å²) in [4.78, 5) is 37.9. The first kappa shape index (κ1) is 56.9. The van der Waals surface area contributed by atoms with Crippen molar-refractivity contribution in [3.05, 3.63) is 24.3 Å². The number of allylic oxidation sites excluding steroid dienone is 4. The van der Waals surface area contributed by atoms with Gasteiger partial charge in [-0.05, 0) is 70.6 Å². The van der Waals surface area contributed by atoms with Gasteiger partial charge in [0, 0.05) is 19.3 Å². The first-order chi connectivity index (χ1) is 29.0. The van der Waals surface area contributed by atoms with Gasteiger partial charge in [0.25, 0.3) is 0 Å². The van der Waals surface area contributed by atoms with Crippen LogP contribution in [0.15, 0.2) is 24.3 Å². The Morgan fingerprint density at radius 3 is 0.864 bits per heavy atom. The molecule has 0 N–H and O–H groups in total. The number of ether oxygens (including phenoxy) is 3. The molecule has 0 unspecified atom stereocenters. The highest BCUT2D eigenvalue weighted by atomic mass is 16.6. The number of esters is 3. The molecule has 0 saturated carbocycles. The maximum absolute atomic E-state index is 12.7. The Balaban J connectivity index is 4.32. The molecule has 346 valence electrons. The molecule has 0 aliphatic rings. The summed E-state index contributed by atoms with van der Waals surface area (Å²) in [5, 5.41) is 0. The lowest BCUT2D eigenvalue weighted by Crippen LogP contribution is -2.30. The fourth-order valence-electron chi connectivity index (χ4n) is 7.49. The van der Waals surface area contributed by atoms with E-state index in [-0.39, 0.29) is 31.1 Å². The third-order valence-electron chi connectivity index (χ3n) is 11.4.